The third kappa shape index (κ3) is 3.56. The van der Waals surface area contributed by atoms with Gasteiger partial charge in [0.05, 0.1) is 7.11 Å². The first-order valence-electron chi connectivity index (χ1n) is 7.37. The Kier molecular flexibility index (Phi) is 5.03. The molecule has 2 aromatic carbocycles. The zero-order valence-corrected chi connectivity index (χ0v) is 14.9. The number of benzene rings is 2. The van der Waals surface area contributed by atoms with Crippen molar-refractivity contribution in [3.8, 4) is 5.75 Å². The average Bonchev–Trinajstić information content (AvgIpc) is 2.46. The summed E-state index contributed by atoms with van der Waals surface area (Å²) in [6, 6.07) is 12.2. The molecule has 116 valence electrons. The molecule has 0 spiro atoms. The Hall–Kier alpha value is -1.66. The molecule has 0 aliphatic carbocycles. The molecule has 0 amide bonds. The zero-order valence-electron chi connectivity index (χ0n) is 13.9. The molecule has 0 saturated carbocycles. The highest BCUT2D eigenvalue weighted by Crippen LogP contribution is 2.30. The third-order valence-corrected chi connectivity index (χ3v) is 5.07. The first kappa shape index (κ1) is 16.7. The van der Waals surface area contributed by atoms with E-state index in [4.69, 9.17) is 4.74 Å². The maximum absolute atomic E-state index is 11.2. The topological polar surface area (TPSA) is 26.3 Å². The predicted octanol–water partition coefficient (Wildman–Crippen LogP) is 3.74. The van der Waals surface area contributed by atoms with Gasteiger partial charge in [-0.2, -0.15) is 0 Å². The number of carbonyl (C=O) groups is 1. The van der Waals surface area contributed by atoms with Crippen LogP contribution in [0.4, 0.5) is 0 Å². The van der Waals surface area contributed by atoms with Crippen LogP contribution in [-0.2, 0) is 5.41 Å². The lowest BCUT2D eigenvalue weighted by Crippen LogP contribution is -2.17. The highest BCUT2D eigenvalue weighted by atomic mass is 31.1. The summed E-state index contributed by atoms with van der Waals surface area (Å²) >= 11 is 0. The molecule has 3 heteroatoms. The standard InChI is InChI=1S/C19H23O2P/c1-13-10-15(19(2,3)4)11-17(18(13)21-5)22-16-9-7-6-8-14(16)12-20/h6-12,22H,1-5H3. The molecule has 2 aromatic rings. The van der Waals surface area contributed by atoms with E-state index in [1.807, 2.05) is 24.3 Å². The number of ether oxygens (including phenoxy) is 1. The second-order valence-electron chi connectivity index (χ2n) is 6.45. The van der Waals surface area contributed by atoms with E-state index in [-0.39, 0.29) is 5.41 Å². The molecule has 2 rings (SSSR count). The molecule has 0 N–H and O–H groups in total. The van der Waals surface area contributed by atoms with Gasteiger partial charge in [-0.3, -0.25) is 4.79 Å². The molecule has 2 nitrogen and oxygen atoms in total. The average molecular weight is 314 g/mol. The highest BCUT2D eigenvalue weighted by Gasteiger charge is 2.18. The van der Waals surface area contributed by atoms with Gasteiger partial charge in [-0.05, 0) is 34.8 Å². The van der Waals surface area contributed by atoms with Gasteiger partial charge >= 0.3 is 0 Å². The van der Waals surface area contributed by atoms with Crippen molar-refractivity contribution in [2.24, 2.45) is 0 Å². The Labute approximate surface area is 134 Å². The number of aryl methyl sites for hydroxylation is 1. The minimum Gasteiger partial charge on any atom is -0.496 e. The van der Waals surface area contributed by atoms with E-state index in [2.05, 4.69) is 39.8 Å². The quantitative estimate of drug-likeness (QED) is 0.635. The van der Waals surface area contributed by atoms with E-state index < -0.39 is 0 Å². The van der Waals surface area contributed by atoms with Crippen LogP contribution in [0.25, 0.3) is 0 Å². The molecule has 0 fully saturated rings. The van der Waals surface area contributed by atoms with Gasteiger partial charge in [-0.1, -0.05) is 59.7 Å². The van der Waals surface area contributed by atoms with Crippen molar-refractivity contribution in [2.45, 2.75) is 33.1 Å². The summed E-state index contributed by atoms with van der Waals surface area (Å²) in [6.07, 6.45) is 0.926. The monoisotopic (exact) mass is 314 g/mol. The molecule has 0 aromatic heterocycles. The van der Waals surface area contributed by atoms with E-state index in [1.54, 1.807) is 7.11 Å². The van der Waals surface area contributed by atoms with E-state index in [0.29, 0.717) is 8.58 Å². The Bertz CT molecular complexity index is 684. The lowest BCUT2D eigenvalue weighted by Gasteiger charge is -2.23. The Morgan fingerprint density at radius 3 is 2.36 bits per heavy atom. The predicted molar refractivity (Wildman–Crippen MR) is 95.8 cm³/mol. The van der Waals surface area contributed by atoms with Gasteiger partial charge in [0.1, 0.15) is 5.75 Å². The lowest BCUT2D eigenvalue weighted by atomic mass is 9.86. The largest absolute Gasteiger partial charge is 0.496 e. The van der Waals surface area contributed by atoms with Crippen molar-refractivity contribution in [1.82, 2.24) is 0 Å². The first-order chi connectivity index (χ1) is 10.4. The number of carbonyl (C=O) groups excluding carboxylic acids is 1. The first-order valence-corrected chi connectivity index (χ1v) is 8.37. The fourth-order valence-corrected chi connectivity index (χ4v) is 3.83. The summed E-state index contributed by atoms with van der Waals surface area (Å²) < 4.78 is 5.61. The number of methoxy groups -OCH3 is 1. The van der Waals surface area contributed by atoms with Crippen LogP contribution in [0.5, 0.6) is 5.75 Å². The molecular weight excluding hydrogens is 291 g/mol. The van der Waals surface area contributed by atoms with Gasteiger partial charge in [0.2, 0.25) is 0 Å². The van der Waals surface area contributed by atoms with Crippen molar-refractivity contribution in [2.75, 3.05) is 7.11 Å². The molecule has 0 radical (unpaired) electrons. The third-order valence-electron chi connectivity index (χ3n) is 3.70. The molecular formula is C19H23O2P. The van der Waals surface area contributed by atoms with Crippen molar-refractivity contribution < 1.29 is 9.53 Å². The second kappa shape index (κ2) is 6.62. The molecule has 1 atom stereocenters. The smallest absolute Gasteiger partial charge is 0.150 e. The number of hydrogen-bond donors (Lipinski definition) is 0. The number of hydrogen-bond acceptors (Lipinski definition) is 2. The maximum atomic E-state index is 11.2. The molecule has 0 aliphatic heterocycles. The fraction of sp³-hybridized carbons (Fsp3) is 0.316. The number of rotatable bonds is 4. The summed E-state index contributed by atoms with van der Waals surface area (Å²) in [7, 11) is 2.11. The summed E-state index contributed by atoms with van der Waals surface area (Å²) in [6.45, 7) is 8.70. The Morgan fingerprint density at radius 1 is 1.09 bits per heavy atom. The maximum Gasteiger partial charge on any atom is 0.150 e. The van der Waals surface area contributed by atoms with E-state index in [1.165, 1.54) is 5.56 Å². The van der Waals surface area contributed by atoms with E-state index >= 15 is 0 Å². The van der Waals surface area contributed by atoms with Gasteiger partial charge in [-0.25, -0.2) is 0 Å². The molecule has 0 saturated heterocycles. The zero-order chi connectivity index (χ0) is 16.3. The van der Waals surface area contributed by atoms with Crippen molar-refractivity contribution in [1.29, 1.82) is 0 Å². The van der Waals surface area contributed by atoms with Crippen LogP contribution in [0.2, 0.25) is 0 Å². The summed E-state index contributed by atoms with van der Waals surface area (Å²) in [5.74, 6) is 0.923. The molecule has 0 heterocycles. The summed E-state index contributed by atoms with van der Waals surface area (Å²) in [5, 5.41) is 2.21. The SMILES string of the molecule is COc1c(C)cc(C(C)(C)C)cc1Pc1ccccc1C=O. The fourth-order valence-electron chi connectivity index (χ4n) is 2.43. The van der Waals surface area contributed by atoms with Crippen molar-refractivity contribution in [3.63, 3.8) is 0 Å². The summed E-state index contributed by atoms with van der Waals surface area (Å²) in [5.41, 5.74) is 3.26. The second-order valence-corrected chi connectivity index (χ2v) is 7.78. The molecule has 0 bridgehead atoms. The van der Waals surface area contributed by atoms with Crippen LogP contribution in [0.15, 0.2) is 36.4 Å². The van der Waals surface area contributed by atoms with Gasteiger partial charge in [0, 0.05) is 10.9 Å². The Balaban J connectivity index is 2.53. The lowest BCUT2D eigenvalue weighted by molar-refractivity contribution is 0.112. The van der Waals surface area contributed by atoms with Crippen LogP contribution >= 0.6 is 8.58 Å². The molecule has 1 unspecified atom stereocenters. The van der Waals surface area contributed by atoms with E-state index in [0.717, 1.165) is 33.8 Å². The minimum atomic E-state index is 0.0838. The van der Waals surface area contributed by atoms with Crippen LogP contribution < -0.4 is 15.3 Å². The normalized spacial score (nSPS) is 11.9. The van der Waals surface area contributed by atoms with E-state index in [9.17, 15) is 4.79 Å². The summed E-state index contributed by atoms with van der Waals surface area (Å²) in [4.78, 5) is 11.2. The van der Waals surface area contributed by atoms with Gasteiger partial charge < -0.3 is 4.74 Å². The minimum absolute atomic E-state index is 0.0838. The molecule has 22 heavy (non-hydrogen) atoms. The highest BCUT2D eigenvalue weighted by molar-refractivity contribution is 7.56. The van der Waals surface area contributed by atoms with Crippen molar-refractivity contribution in [3.05, 3.63) is 53.1 Å². The van der Waals surface area contributed by atoms with Gasteiger partial charge in [-0.15, -0.1) is 0 Å². The molecule has 0 aliphatic rings. The van der Waals surface area contributed by atoms with Crippen molar-refractivity contribution >= 4 is 25.5 Å². The number of aldehydes is 1. The van der Waals surface area contributed by atoms with Crippen LogP contribution in [-0.4, -0.2) is 13.4 Å². The van der Waals surface area contributed by atoms with Gasteiger partial charge in [0.25, 0.3) is 0 Å². The van der Waals surface area contributed by atoms with Gasteiger partial charge in [0.15, 0.2) is 6.29 Å². The van der Waals surface area contributed by atoms with Crippen LogP contribution in [0.3, 0.4) is 0 Å². The van der Waals surface area contributed by atoms with Crippen LogP contribution in [0, 0.1) is 6.92 Å². The Morgan fingerprint density at radius 2 is 1.77 bits per heavy atom. The van der Waals surface area contributed by atoms with Crippen LogP contribution in [0.1, 0.15) is 42.3 Å².